The molecule has 0 aliphatic carbocycles. The summed E-state index contributed by atoms with van der Waals surface area (Å²) in [5, 5.41) is 9.10. The molecule has 2 rings (SSSR count). The van der Waals surface area contributed by atoms with Crippen LogP contribution in [0.4, 0.5) is 0 Å². The molecular formula is C11H9NO3. The van der Waals surface area contributed by atoms with Crippen LogP contribution in [0.2, 0.25) is 0 Å². The van der Waals surface area contributed by atoms with Gasteiger partial charge in [-0.1, -0.05) is 0 Å². The number of oxazole rings is 1. The molecular weight excluding hydrogens is 194 g/mol. The van der Waals surface area contributed by atoms with Gasteiger partial charge in [0.1, 0.15) is 18.3 Å². The molecule has 15 heavy (non-hydrogen) atoms. The van der Waals surface area contributed by atoms with Crippen molar-refractivity contribution in [2.24, 2.45) is 0 Å². The van der Waals surface area contributed by atoms with Crippen molar-refractivity contribution >= 4 is 6.29 Å². The lowest BCUT2D eigenvalue weighted by Gasteiger charge is -1.94. The van der Waals surface area contributed by atoms with Gasteiger partial charge in [0.25, 0.3) is 0 Å². The Morgan fingerprint density at radius 1 is 1.33 bits per heavy atom. The lowest BCUT2D eigenvalue weighted by Crippen LogP contribution is -1.85. The topological polar surface area (TPSA) is 63.3 Å². The normalized spacial score (nSPS) is 10.1. The third kappa shape index (κ3) is 2.04. The molecule has 0 radical (unpaired) electrons. The van der Waals surface area contributed by atoms with Gasteiger partial charge in [0.15, 0.2) is 0 Å². The van der Waals surface area contributed by atoms with Crippen LogP contribution in [-0.2, 0) is 11.2 Å². The summed E-state index contributed by atoms with van der Waals surface area (Å²) < 4.78 is 5.19. The lowest BCUT2D eigenvalue weighted by atomic mass is 10.2. The Kier molecular flexibility index (Phi) is 2.49. The maximum Gasteiger partial charge on any atom is 0.226 e. The molecule has 0 amide bonds. The Morgan fingerprint density at radius 3 is 2.73 bits per heavy atom. The van der Waals surface area contributed by atoms with Crippen LogP contribution in [0.15, 0.2) is 34.9 Å². The molecule has 2 aromatic rings. The summed E-state index contributed by atoms with van der Waals surface area (Å²) in [7, 11) is 0. The molecule has 0 unspecified atom stereocenters. The zero-order valence-corrected chi connectivity index (χ0v) is 7.88. The van der Waals surface area contributed by atoms with E-state index in [1.165, 1.54) is 6.26 Å². The third-order valence-corrected chi connectivity index (χ3v) is 1.96. The minimum atomic E-state index is 0.193. The molecule has 0 spiro atoms. The Balaban J connectivity index is 2.28. The van der Waals surface area contributed by atoms with E-state index in [0.717, 1.165) is 11.8 Å². The maximum absolute atomic E-state index is 10.2. The lowest BCUT2D eigenvalue weighted by molar-refractivity contribution is -0.107. The average Bonchev–Trinajstić information content (AvgIpc) is 2.68. The van der Waals surface area contributed by atoms with Crippen LogP contribution in [0.5, 0.6) is 5.75 Å². The molecule has 0 atom stereocenters. The largest absolute Gasteiger partial charge is 0.508 e. The molecule has 1 heterocycles. The quantitative estimate of drug-likeness (QED) is 0.772. The van der Waals surface area contributed by atoms with E-state index in [9.17, 15) is 4.79 Å². The van der Waals surface area contributed by atoms with E-state index in [-0.39, 0.29) is 12.2 Å². The van der Waals surface area contributed by atoms with Crippen molar-refractivity contribution in [3.63, 3.8) is 0 Å². The van der Waals surface area contributed by atoms with E-state index in [1.54, 1.807) is 24.3 Å². The van der Waals surface area contributed by atoms with Crippen molar-refractivity contribution in [2.75, 3.05) is 0 Å². The first-order chi connectivity index (χ1) is 7.29. The van der Waals surface area contributed by atoms with Gasteiger partial charge in [-0.15, -0.1) is 0 Å². The summed E-state index contributed by atoms with van der Waals surface area (Å²) in [6.45, 7) is 0. The fourth-order valence-corrected chi connectivity index (χ4v) is 1.22. The Hall–Kier alpha value is -2.10. The van der Waals surface area contributed by atoms with Gasteiger partial charge in [-0.2, -0.15) is 0 Å². The summed E-state index contributed by atoms with van der Waals surface area (Å²) in [6, 6.07) is 6.51. The number of hydrogen-bond donors (Lipinski definition) is 1. The number of aromatic hydroxyl groups is 1. The summed E-state index contributed by atoms with van der Waals surface area (Å²) in [5.74, 6) is 0.644. The first kappa shape index (κ1) is 9.45. The number of phenolic OH excluding ortho intramolecular Hbond substituents is 1. The molecule has 0 fully saturated rings. The van der Waals surface area contributed by atoms with Crippen LogP contribution < -0.4 is 0 Å². The number of nitrogens with zero attached hydrogens (tertiary/aromatic N) is 1. The zero-order valence-electron chi connectivity index (χ0n) is 7.88. The van der Waals surface area contributed by atoms with Crippen molar-refractivity contribution in [1.82, 2.24) is 4.98 Å². The van der Waals surface area contributed by atoms with Crippen molar-refractivity contribution in [2.45, 2.75) is 6.42 Å². The minimum Gasteiger partial charge on any atom is -0.508 e. The van der Waals surface area contributed by atoms with Gasteiger partial charge in [0.2, 0.25) is 5.89 Å². The van der Waals surface area contributed by atoms with E-state index >= 15 is 0 Å². The van der Waals surface area contributed by atoms with Gasteiger partial charge < -0.3 is 14.3 Å². The van der Waals surface area contributed by atoms with Crippen LogP contribution >= 0.6 is 0 Å². The Bertz CT molecular complexity index is 459. The van der Waals surface area contributed by atoms with Gasteiger partial charge >= 0.3 is 0 Å². The number of benzene rings is 1. The third-order valence-electron chi connectivity index (χ3n) is 1.96. The smallest absolute Gasteiger partial charge is 0.226 e. The van der Waals surface area contributed by atoms with Crippen LogP contribution in [0.3, 0.4) is 0 Å². The SMILES string of the molecule is O=CCc1coc(-c2ccc(O)cc2)n1. The molecule has 0 bridgehead atoms. The highest BCUT2D eigenvalue weighted by atomic mass is 16.3. The fourth-order valence-electron chi connectivity index (χ4n) is 1.22. The predicted molar refractivity (Wildman–Crippen MR) is 53.4 cm³/mol. The van der Waals surface area contributed by atoms with Gasteiger partial charge in [0, 0.05) is 12.0 Å². The predicted octanol–water partition coefficient (Wildman–Crippen LogP) is 1.79. The van der Waals surface area contributed by atoms with Crippen molar-refractivity contribution < 1.29 is 14.3 Å². The Morgan fingerprint density at radius 2 is 2.07 bits per heavy atom. The van der Waals surface area contributed by atoms with Gasteiger partial charge in [0.05, 0.1) is 5.69 Å². The number of aromatic nitrogens is 1. The molecule has 4 nitrogen and oxygen atoms in total. The van der Waals surface area contributed by atoms with Crippen molar-refractivity contribution in [3.8, 4) is 17.2 Å². The molecule has 0 aliphatic rings. The fraction of sp³-hybridized carbons (Fsp3) is 0.0909. The monoisotopic (exact) mass is 203 g/mol. The van der Waals surface area contributed by atoms with Crippen LogP contribution in [0, 0.1) is 0 Å². The number of carbonyl (C=O) groups is 1. The average molecular weight is 203 g/mol. The van der Waals surface area contributed by atoms with E-state index in [1.807, 2.05) is 0 Å². The second kappa shape index (κ2) is 3.96. The van der Waals surface area contributed by atoms with Crippen LogP contribution in [-0.4, -0.2) is 16.4 Å². The number of phenols is 1. The molecule has 76 valence electrons. The first-order valence-electron chi connectivity index (χ1n) is 4.47. The second-order valence-electron chi connectivity index (χ2n) is 3.06. The van der Waals surface area contributed by atoms with Crippen molar-refractivity contribution in [1.29, 1.82) is 0 Å². The van der Waals surface area contributed by atoms with Crippen LogP contribution in [0.25, 0.3) is 11.5 Å². The summed E-state index contributed by atoms with van der Waals surface area (Å²) >= 11 is 0. The van der Waals surface area contributed by atoms with E-state index < -0.39 is 0 Å². The van der Waals surface area contributed by atoms with Gasteiger partial charge in [-0.05, 0) is 24.3 Å². The van der Waals surface area contributed by atoms with Crippen molar-refractivity contribution in [3.05, 3.63) is 36.2 Å². The molecule has 1 aromatic carbocycles. The van der Waals surface area contributed by atoms with E-state index in [2.05, 4.69) is 4.98 Å². The first-order valence-corrected chi connectivity index (χ1v) is 4.47. The van der Waals surface area contributed by atoms with E-state index in [0.29, 0.717) is 11.6 Å². The zero-order chi connectivity index (χ0) is 10.7. The number of hydrogen-bond acceptors (Lipinski definition) is 4. The van der Waals surface area contributed by atoms with Crippen LogP contribution in [0.1, 0.15) is 5.69 Å². The molecule has 0 saturated carbocycles. The number of aldehydes is 1. The minimum absolute atomic E-state index is 0.193. The molecule has 1 N–H and O–H groups in total. The highest BCUT2D eigenvalue weighted by molar-refractivity contribution is 5.57. The molecule has 0 aliphatic heterocycles. The summed E-state index contributed by atoms with van der Waals surface area (Å²) in [4.78, 5) is 14.4. The highest BCUT2D eigenvalue weighted by Crippen LogP contribution is 2.20. The standard InChI is InChI=1S/C11H9NO3/c13-6-5-9-7-15-11(12-9)8-1-3-10(14)4-2-8/h1-4,6-7,14H,5H2. The summed E-state index contributed by atoms with van der Waals surface area (Å²) in [6.07, 6.45) is 2.48. The summed E-state index contributed by atoms with van der Waals surface area (Å²) in [5.41, 5.74) is 1.37. The molecule has 0 saturated heterocycles. The number of carbonyl (C=O) groups excluding carboxylic acids is 1. The van der Waals surface area contributed by atoms with Gasteiger partial charge in [-0.3, -0.25) is 0 Å². The molecule has 4 heteroatoms. The highest BCUT2D eigenvalue weighted by Gasteiger charge is 2.05. The Labute approximate surface area is 86.2 Å². The van der Waals surface area contributed by atoms with E-state index in [4.69, 9.17) is 9.52 Å². The van der Waals surface area contributed by atoms with Gasteiger partial charge in [-0.25, -0.2) is 4.98 Å². The molecule has 1 aromatic heterocycles. The maximum atomic E-state index is 10.2. The number of rotatable bonds is 3. The second-order valence-corrected chi connectivity index (χ2v) is 3.06.